The normalized spacial score (nSPS) is 14.5. The lowest BCUT2D eigenvalue weighted by molar-refractivity contribution is 0.620. The molecule has 0 unspecified atom stereocenters. The van der Waals surface area contributed by atoms with Crippen molar-refractivity contribution in [3.63, 3.8) is 0 Å². The number of hydrogen-bond donors (Lipinski definition) is 1. The third-order valence-electron chi connectivity index (χ3n) is 1.62. The number of rotatable bonds is 0. The Morgan fingerprint density at radius 2 is 2.50 bits per heavy atom. The van der Waals surface area contributed by atoms with E-state index in [2.05, 4.69) is 10.3 Å². The van der Waals surface area contributed by atoms with Crippen LogP contribution in [0.4, 0.5) is 10.2 Å². The van der Waals surface area contributed by atoms with E-state index in [1.165, 1.54) is 12.3 Å². The molecule has 2 rings (SSSR count). The van der Waals surface area contributed by atoms with Crippen molar-refractivity contribution in [2.24, 2.45) is 0 Å². The molecule has 1 aliphatic heterocycles. The first-order valence-corrected chi connectivity index (χ1v) is 3.24. The maximum atomic E-state index is 12.5. The molecule has 0 aliphatic carbocycles. The maximum absolute atomic E-state index is 12.5. The smallest absolute Gasteiger partial charge is 0.141 e. The Morgan fingerprint density at radius 1 is 1.60 bits per heavy atom. The van der Waals surface area contributed by atoms with Gasteiger partial charge in [-0.2, -0.15) is 0 Å². The molecule has 1 aliphatic rings. The van der Waals surface area contributed by atoms with E-state index in [-0.39, 0.29) is 5.82 Å². The van der Waals surface area contributed by atoms with Crippen LogP contribution in [0.1, 0.15) is 5.56 Å². The number of nitrogens with one attached hydrogen (secondary N) is 1. The topological polar surface area (TPSA) is 24.9 Å². The fraction of sp³-hybridized carbons (Fsp3) is 0.286. The highest BCUT2D eigenvalue weighted by Crippen LogP contribution is 2.18. The van der Waals surface area contributed by atoms with E-state index in [9.17, 15) is 4.39 Å². The van der Waals surface area contributed by atoms with Crippen LogP contribution >= 0.6 is 0 Å². The molecule has 2 heterocycles. The molecule has 1 aromatic heterocycles. The molecule has 3 heteroatoms. The van der Waals surface area contributed by atoms with Gasteiger partial charge in [-0.3, -0.25) is 0 Å². The standard InChI is InChI=1S/C7H7FN2/c8-6-3-5-1-2-9-7(5)10-4-6/h3-4H,1-2H2,(H,9,10). The monoisotopic (exact) mass is 138 g/mol. The summed E-state index contributed by atoms with van der Waals surface area (Å²) in [4.78, 5) is 3.87. The third-order valence-corrected chi connectivity index (χ3v) is 1.62. The van der Waals surface area contributed by atoms with Crippen molar-refractivity contribution in [1.29, 1.82) is 0 Å². The second kappa shape index (κ2) is 1.94. The molecule has 2 nitrogen and oxygen atoms in total. The third kappa shape index (κ3) is 0.744. The molecule has 10 heavy (non-hydrogen) atoms. The molecule has 0 aromatic carbocycles. The second-order valence-electron chi connectivity index (χ2n) is 2.34. The van der Waals surface area contributed by atoms with E-state index < -0.39 is 0 Å². The van der Waals surface area contributed by atoms with Crippen molar-refractivity contribution in [3.05, 3.63) is 23.6 Å². The molecule has 52 valence electrons. The van der Waals surface area contributed by atoms with Crippen molar-refractivity contribution in [2.45, 2.75) is 6.42 Å². The largest absolute Gasteiger partial charge is 0.370 e. The average Bonchev–Trinajstić information content (AvgIpc) is 2.33. The molecule has 0 fully saturated rings. The van der Waals surface area contributed by atoms with Crippen molar-refractivity contribution in [1.82, 2.24) is 4.98 Å². The predicted octanol–water partition coefficient (Wildman–Crippen LogP) is 1.19. The number of anilines is 1. The zero-order valence-corrected chi connectivity index (χ0v) is 5.39. The van der Waals surface area contributed by atoms with Gasteiger partial charge in [0.15, 0.2) is 0 Å². The van der Waals surface area contributed by atoms with Crippen LogP contribution in [0.5, 0.6) is 0 Å². The van der Waals surface area contributed by atoms with Gasteiger partial charge in [-0.15, -0.1) is 0 Å². The van der Waals surface area contributed by atoms with Crippen molar-refractivity contribution < 1.29 is 4.39 Å². The Bertz CT molecular complexity index is 260. The SMILES string of the molecule is Fc1cnc2c(c1)CCN2. The van der Waals surface area contributed by atoms with Crippen molar-refractivity contribution in [2.75, 3.05) is 11.9 Å². The Morgan fingerprint density at radius 3 is 3.40 bits per heavy atom. The van der Waals surface area contributed by atoms with Gasteiger partial charge in [0.1, 0.15) is 11.6 Å². The number of hydrogen-bond acceptors (Lipinski definition) is 2. The van der Waals surface area contributed by atoms with Crippen molar-refractivity contribution in [3.8, 4) is 0 Å². The Kier molecular flexibility index (Phi) is 1.09. The van der Waals surface area contributed by atoms with Gasteiger partial charge < -0.3 is 5.32 Å². The summed E-state index contributed by atoms with van der Waals surface area (Å²) in [6.07, 6.45) is 2.12. The van der Waals surface area contributed by atoms with E-state index in [0.29, 0.717) is 0 Å². The average molecular weight is 138 g/mol. The van der Waals surface area contributed by atoms with Gasteiger partial charge in [0.05, 0.1) is 6.20 Å². The molecular formula is C7H7FN2. The minimum absolute atomic E-state index is 0.248. The lowest BCUT2D eigenvalue weighted by Gasteiger charge is -1.95. The van der Waals surface area contributed by atoms with Gasteiger partial charge in [0.2, 0.25) is 0 Å². The van der Waals surface area contributed by atoms with E-state index >= 15 is 0 Å². The fourth-order valence-corrected chi connectivity index (χ4v) is 1.15. The Balaban J connectivity index is 2.52. The van der Waals surface area contributed by atoms with E-state index in [4.69, 9.17) is 0 Å². The molecule has 0 amide bonds. The minimum Gasteiger partial charge on any atom is -0.370 e. The first-order valence-electron chi connectivity index (χ1n) is 3.24. The lowest BCUT2D eigenvalue weighted by atomic mass is 10.2. The summed E-state index contributed by atoms with van der Waals surface area (Å²) in [6.45, 7) is 0.881. The Labute approximate surface area is 58.1 Å². The number of aromatic nitrogens is 1. The van der Waals surface area contributed by atoms with Crippen LogP contribution < -0.4 is 5.32 Å². The lowest BCUT2D eigenvalue weighted by Crippen LogP contribution is -1.92. The maximum Gasteiger partial charge on any atom is 0.141 e. The van der Waals surface area contributed by atoms with Crippen LogP contribution in [-0.4, -0.2) is 11.5 Å². The quantitative estimate of drug-likeness (QED) is 0.582. The van der Waals surface area contributed by atoms with Gasteiger partial charge in [0.25, 0.3) is 0 Å². The van der Waals surface area contributed by atoms with Gasteiger partial charge in [-0.1, -0.05) is 0 Å². The highest BCUT2D eigenvalue weighted by molar-refractivity contribution is 5.48. The second-order valence-corrected chi connectivity index (χ2v) is 2.34. The molecule has 0 atom stereocenters. The van der Waals surface area contributed by atoms with Crippen LogP contribution in [0.25, 0.3) is 0 Å². The highest BCUT2D eigenvalue weighted by Gasteiger charge is 2.10. The summed E-state index contributed by atoms with van der Waals surface area (Å²) < 4.78 is 12.5. The van der Waals surface area contributed by atoms with E-state index in [1.54, 1.807) is 0 Å². The molecule has 0 saturated heterocycles. The zero-order valence-electron chi connectivity index (χ0n) is 5.39. The van der Waals surface area contributed by atoms with Crippen molar-refractivity contribution >= 4 is 5.82 Å². The van der Waals surface area contributed by atoms with E-state index in [1.807, 2.05) is 0 Å². The van der Waals surface area contributed by atoms with Gasteiger partial charge in [0, 0.05) is 6.54 Å². The summed E-state index contributed by atoms with van der Waals surface area (Å²) >= 11 is 0. The molecule has 0 saturated carbocycles. The van der Waals surface area contributed by atoms with Gasteiger partial charge >= 0.3 is 0 Å². The Hall–Kier alpha value is -1.12. The molecule has 1 aromatic rings. The summed E-state index contributed by atoms with van der Waals surface area (Å²) in [6, 6.07) is 1.53. The van der Waals surface area contributed by atoms with Gasteiger partial charge in [-0.05, 0) is 18.1 Å². The first-order chi connectivity index (χ1) is 4.86. The minimum atomic E-state index is -0.248. The summed E-state index contributed by atoms with van der Waals surface area (Å²) in [5.74, 6) is 0.587. The first kappa shape index (κ1) is 5.65. The van der Waals surface area contributed by atoms with Crippen LogP contribution in [0.2, 0.25) is 0 Å². The number of halogens is 1. The van der Waals surface area contributed by atoms with E-state index in [0.717, 1.165) is 24.3 Å². The molecule has 0 radical (unpaired) electrons. The number of pyridine rings is 1. The number of fused-ring (bicyclic) bond motifs is 1. The molecule has 1 N–H and O–H groups in total. The zero-order chi connectivity index (χ0) is 6.97. The summed E-state index contributed by atoms with van der Waals surface area (Å²) in [5.41, 5.74) is 0.986. The van der Waals surface area contributed by atoms with Crippen LogP contribution in [-0.2, 0) is 6.42 Å². The van der Waals surface area contributed by atoms with Crippen LogP contribution in [0.3, 0.4) is 0 Å². The summed E-state index contributed by atoms with van der Waals surface area (Å²) in [7, 11) is 0. The molecular weight excluding hydrogens is 131 g/mol. The van der Waals surface area contributed by atoms with Crippen LogP contribution in [0.15, 0.2) is 12.3 Å². The molecule has 0 spiro atoms. The summed E-state index contributed by atoms with van der Waals surface area (Å²) in [5, 5.41) is 3.05. The van der Waals surface area contributed by atoms with Crippen LogP contribution in [0, 0.1) is 5.82 Å². The fourth-order valence-electron chi connectivity index (χ4n) is 1.15. The van der Waals surface area contributed by atoms with Gasteiger partial charge in [-0.25, -0.2) is 9.37 Å². The molecule has 0 bridgehead atoms. The highest BCUT2D eigenvalue weighted by atomic mass is 19.1. The predicted molar refractivity (Wildman–Crippen MR) is 36.4 cm³/mol. The number of nitrogens with zero attached hydrogens (tertiary/aromatic N) is 1.